The van der Waals surface area contributed by atoms with E-state index in [9.17, 15) is 18.0 Å². The van der Waals surface area contributed by atoms with Crippen LogP contribution in [0.3, 0.4) is 0 Å². The summed E-state index contributed by atoms with van der Waals surface area (Å²) >= 11 is 0. The Morgan fingerprint density at radius 2 is 2.11 bits per heavy atom. The Morgan fingerprint density at radius 3 is 2.78 bits per heavy atom. The van der Waals surface area contributed by atoms with Crippen LogP contribution in [0.25, 0.3) is 11.0 Å². The number of hydrogen-bond donors (Lipinski definition) is 0. The van der Waals surface area contributed by atoms with Crippen molar-refractivity contribution in [3.8, 4) is 5.75 Å². The molecule has 0 aliphatic carbocycles. The minimum absolute atomic E-state index is 0.0336. The van der Waals surface area contributed by atoms with Crippen molar-refractivity contribution >= 4 is 32.7 Å². The lowest BCUT2D eigenvalue weighted by atomic mass is 10.1. The van der Waals surface area contributed by atoms with E-state index < -0.39 is 28.3 Å². The summed E-state index contributed by atoms with van der Waals surface area (Å²) in [7, 11) is -0.00701. The smallest absolute Gasteiger partial charge is 0.310 e. The first-order valence-corrected chi connectivity index (χ1v) is 10.3. The van der Waals surface area contributed by atoms with Crippen LogP contribution >= 0.6 is 0 Å². The third-order valence-electron chi connectivity index (χ3n) is 4.70. The molecule has 1 unspecified atom stereocenters. The molecule has 0 spiro atoms. The largest absolute Gasteiger partial charge is 0.497 e. The fourth-order valence-corrected chi connectivity index (χ4v) is 4.84. The second-order valence-corrected chi connectivity index (χ2v) is 8.75. The first kappa shape index (κ1) is 19.2. The Labute approximate surface area is 156 Å². The molecule has 0 radical (unpaired) electrons. The number of rotatable bonds is 6. The van der Waals surface area contributed by atoms with Crippen molar-refractivity contribution in [1.82, 2.24) is 4.90 Å². The van der Waals surface area contributed by atoms with Gasteiger partial charge in [-0.05, 0) is 18.6 Å². The van der Waals surface area contributed by atoms with E-state index in [0.717, 1.165) is 5.39 Å². The Bertz CT molecular complexity index is 963. The fraction of sp³-hybridized carbons (Fsp3) is 0.444. The number of nitrogens with zero attached hydrogens (tertiary/aromatic N) is 1. The van der Waals surface area contributed by atoms with E-state index in [2.05, 4.69) is 0 Å². The summed E-state index contributed by atoms with van der Waals surface area (Å²) in [6.07, 6.45) is 1.85. The third-order valence-corrected chi connectivity index (χ3v) is 6.45. The molecule has 1 fully saturated rings. The molecule has 3 rings (SSSR count). The molecule has 2 heterocycles. The normalized spacial score (nSPS) is 18.4. The zero-order valence-electron chi connectivity index (χ0n) is 15.1. The van der Waals surface area contributed by atoms with E-state index in [0.29, 0.717) is 23.3 Å². The number of esters is 1. The average molecular weight is 395 g/mol. The first-order chi connectivity index (χ1) is 12.8. The van der Waals surface area contributed by atoms with Gasteiger partial charge in [0, 0.05) is 30.1 Å². The predicted molar refractivity (Wildman–Crippen MR) is 97.3 cm³/mol. The summed E-state index contributed by atoms with van der Waals surface area (Å²) in [5.74, 6) is -0.309. The van der Waals surface area contributed by atoms with E-state index in [1.807, 2.05) is 0 Å². The Hall–Kier alpha value is -2.55. The second kappa shape index (κ2) is 7.59. The lowest BCUT2D eigenvalue weighted by Gasteiger charge is -2.23. The highest BCUT2D eigenvalue weighted by Gasteiger charge is 2.32. The minimum atomic E-state index is -3.09. The molecule has 0 N–H and O–H groups in total. The highest BCUT2D eigenvalue weighted by atomic mass is 32.2. The molecule has 1 amide bonds. The van der Waals surface area contributed by atoms with Gasteiger partial charge in [-0.1, -0.05) is 0 Å². The van der Waals surface area contributed by atoms with Gasteiger partial charge in [0.15, 0.2) is 16.4 Å². The number of furan rings is 1. The van der Waals surface area contributed by atoms with Crippen LogP contribution in [0.2, 0.25) is 0 Å². The van der Waals surface area contributed by atoms with Gasteiger partial charge >= 0.3 is 5.97 Å². The Balaban J connectivity index is 1.54. The van der Waals surface area contributed by atoms with Crippen molar-refractivity contribution in [2.24, 2.45) is 0 Å². The maximum Gasteiger partial charge on any atom is 0.310 e. The number of ether oxygens (including phenoxy) is 2. The van der Waals surface area contributed by atoms with Crippen LogP contribution in [0, 0.1) is 0 Å². The van der Waals surface area contributed by atoms with Crippen molar-refractivity contribution in [1.29, 1.82) is 0 Å². The average Bonchev–Trinajstić information content (AvgIpc) is 3.21. The summed E-state index contributed by atoms with van der Waals surface area (Å²) in [6.45, 7) is -0.421. The van der Waals surface area contributed by atoms with Crippen molar-refractivity contribution < 1.29 is 31.9 Å². The third kappa shape index (κ3) is 4.41. The summed E-state index contributed by atoms with van der Waals surface area (Å²) in [4.78, 5) is 25.6. The number of sulfone groups is 1. The Kier molecular flexibility index (Phi) is 5.41. The van der Waals surface area contributed by atoms with Crippen molar-refractivity contribution in [3.05, 3.63) is 30.0 Å². The lowest BCUT2D eigenvalue weighted by molar-refractivity contribution is -0.151. The zero-order chi connectivity index (χ0) is 19.6. The van der Waals surface area contributed by atoms with Gasteiger partial charge in [-0.2, -0.15) is 0 Å². The molecule has 1 aliphatic heterocycles. The highest BCUT2D eigenvalue weighted by Crippen LogP contribution is 2.26. The molecule has 0 saturated carbocycles. The van der Waals surface area contributed by atoms with Crippen LogP contribution in [0.5, 0.6) is 5.75 Å². The number of carbonyl (C=O) groups excluding carboxylic acids is 2. The molecule has 146 valence electrons. The summed E-state index contributed by atoms with van der Waals surface area (Å²) in [6, 6.07) is 4.91. The molecule has 1 aromatic heterocycles. The van der Waals surface area contributed by atoms with Gasteiger partial charge in [-0.3, -0.25) is 9.59 Å². The molecule has 8 nitrogen and oxygen atoms in total. The number of benzene rings is 1. The van der Waals surface area contributed by atoms with E-state index in [-0.39, 0.29) is 24.0 Å². The number of likely N-dealkylation sites (N-methyl/N-ethyl adjacent to an activating group) is 1. The number of hydrogen-bond acceptors (Lipinski definition) is 7. The molecule has 1 aliphatic rings. The standard InChI is InChI=1S/C18H21NO7S/c1-19(13-5-6-27(22,23)11-13)17(20)10-26-18(21)7-12-9-25-16-8-14(24-2)3-4-15(12)16/h3-4,8-9,13H,5-7,10-11H2,1-2H3. The van der Waals surface area contributed by atoms with E-state index >= 15 is 0 Å². The molecule has 1 aromatic carbocycles. The molecule has 0 bridgehead atoms. The van der Waals surface area contributed by atoms with Crippen LogP contribution in [0.1, 0.15) is 12.0 Å². The second-order valence-electron chi connectivity index (χ2n) is 6.52. The van der Waals surface area contributed by atoms with Crippen LogP contribution in [-0.2, 0) is 30.6 Å². The SMILES string of the molecule is COc1ccc2c(CC(=O)OCC(=O)N(C)C3CCS(=O)(=O)C3)coc2c1. The number of amides is 1. The van der Waals surface area contributed by atoms with Crippen LogP contribution in [-0.4, -0.2) is 63.5 Å². The fourth-order valence-electron chi connectivity index (χ4n) is 3.06. The Morgan fingerprint density at radius 1 is 1.33 bits per heavy atom. The van der Waals surface area contributed by atoms with Crippen LogP contribution < -0.4 is 4.74 Å². The van der Waals surface area contributed by atoms with E-state index in [1.54, 1.807) is 25.3 Å². The topological polar surface area (TPSA) is 103 Å². The molecule has 2 aromatic rings. The van der Waals surface area contributed by atoms with Crippen LogP contribution in [0.4, 0.5) is 0 Å². The number of fused-ring (bicyclic) bond motifs is 1. The van der Waals surface area contributed by atoms with Gasteiger partial charge in [-0.15, -0.1) is 0 Å². The number of methoxy groups -OCH3 is 1. The molecule has 9 heteroatoms. The van der Waals surface area contributed by atoms with Gasteiger partial charge in [-0.25, -0.2) is 8.42 Å². The highest BCUT2D eigenvalue weighted by molar-refractivity contribution is 7.91. The van der Waals surface area contributed by atoms with Gasteiger partial charge in [0.1, 0.15) is 11.3 Å². The molecule has 27 heavy (non-hydrogen) atoms. The maximum absolute atomic E-state index is 12.2. The number of carbonyl (C=O) groups is 2. The molecular formula is C18H21NO7S. The van der Waals surface area contributed by atoms with Crippen LogP contribution in [0.15, 0.2) is 28.9 Å². The summed E-state index contributed by atoms with van der Waals surface area (Å²) in [5.41, 5.74) is 1.25. The predicted octanol–water partition coefficient (Wildman–Crippen LogP) is 1.17. The lowest BCUT2D eigenvalue weighted by Crippen LogP contribution is -2.40. The van der Waals surface area contributed by atoms with Gasteiger partial charge in [0.05, 0.1) is 31.3 Å². The van der Waals surface area contributed by atoms with Gasteiger partial charge in [0.25, 0.3) is 5.91 Å². The van der Waals surface area contributed by atoms with Crippen molar-refractivity contribution in [3.63, 3.8) is 0 Å². The summed E-state index contributed by atoms with van der Waals surface area (Å²) < 4.78 is 38.6. The van der Waals surface area contributed by atoms with Gasteiger partial charge in [0.2, 0.25) is 0 Å². The summed E-state index contributed by atoms with van der Waals surface area (Å²) in [5, 5.41) is 0.771. The van der Waals surface area contributed by atoms with E-state index in [1.165, 1.54) is 18.2 Å². The monoisotopic (exact) mass is 395 g/mol. The zero-order valence-corrected chi connectivity index (χ0v) is 16.0. The molecular weight excluding hydrogens is 374 g/mol. The molecule has 1 saturated heterocycles. The first-order valence-electron chi connectivity index (χ1n) is 8.45. The maximum atomic E-state index is 12.2. The van der Waals surface area contributed by atoms with E-state index in [4.69, 9.17) is 13.9 Å². The molecule has 1 atom stereocenters. The van der Waals surface area contributed by atoms with Crippen molar-refractivity contribution in [2.45, 2.75) is 18.9 Å². The minimum Gasteiger partial charge on any atom is -0.497 e. The quantitative estimate of drug-likeness (QED) is 0.677. The van der Waals surface area contributed by atoms with Gasteiger partial charge < -0.3 is 18.8 Å². The van der Waals surface area contributed by atoms with Crippen molar-refractivity contribution in [2.75, 3.05) is 32.3 Å².